The summed E-state index contributed by atoms with van der Waals surface area (Å²) in [4.78, 5) is 0. The first-order valence-electron chi connectivity index (χ1n) is 7.56. The summed E-state index contributed by atoms with van der Waals surface area (Å²) in [7, 11) is -0.584. The zero-order valence-electron chi connectivity index (χ0n) is 13.0. The van der Waals surface area contributed by atoms with Crippen LogP contribution in [0.2, 0.25) is 13.1 Å². The van der Waals surface area contributed by atoms with Gasteiger partial charge >= 0.3 is 0 Å². The van der Waals surface area contributed by atoms with E-state index in [-0.39, 0.29) is 0 Å². The summed E-state index contributed by atoms with van der Waals surface area (Å²) in [6.45, 7) is 11.6. The van der Waals surface area contributed by atoms with E-state index in [1.165, 1.54) is 44.3 Å². The maximum absolute atomic E-state index is 5.98. The Labute approximate surface area is 116 Å². The molecule has 0 aromatic rings. The van der Waals surface area contributed by atoms with E-state index in [0.29, 0.717) is 5.41 Å². The van der Waals surface area contributed by atoms with Gasteiger partial charge in [0.2, 0.25) is 0 Å². The van der Waals surface area contributed by atoms with Gasteiger partial charge in [-0.05, 0) is 62.6 Å². The Morgan fingerprint density at radius 3 is 2.39 bits per heavy atom. The highest BCUT2D eigenvalue weighted by molar-refractivity contribution is 6.48. The molecule has 0 spiro atoms. The first-order valence-corrected chi connectivity index (χ1v) is 9.97. The maximum Gasteiger partial charge on any atom is 0.273 e. The van der Waals surface area contributed by atoms with E-state index in [1.807, 2.05) is 0 Å². The van der Waals surface area contributed by atoms with Crippen molar-refractivity contribution in [3.63, 3.8) is 0 Å². The fraction of sp³-hybridized carbons (Fsp3) is 0.875. The lowest BCUT2D eigenvalue weighted by Gasteiger charge is -2.31. The van der Waals surface area contributed by atoms with Gasteiger partial charge in [0.25, 0.3) is 9.04 Å². The van der Waals surface area contributed by atoms with Crippen LogP contribution in [0.25, 0.3) is 0 Å². The van der Waals surface area contributed by atoms with Crippen molar-refractivity contribution in [3.05, 3.63) is 11.8 Å². The second-order valence-electron chi connectivity index (χ2n) is 6.92. The second-order valence-corrected chi connectivity index (χ2v) is 8.94. The molecule has 1 rings (SSSR count). The zero-order valence-corrected chi connectivity index (χ0v) is 14.0. The van der Waals surface area contributed by atoms with Gasteiger partial charge < -0.3 is 4.43 Å². The number of hydrogen-bond donors (Lipinski definition) is 0. The third-order valence-corrected chi connectivity index (χ3v) is 4.58. The largest absolute Gasteiger partial charge is 0.546 e. The van der Waals surface area contributed by atoms with E-state index in [2.05, 4.69) is 39.9 Å². The minimum atomic E-state index is -0.584. The molecular formula is C16H31OSi. The van der Waals surface area contributed by atoms with Crippen molar-refractivity contribution in [1.82, 2.24) is 0 Å². The lowest BCUT2D eigenvalue weighted by atomic mass is 9.75. The molecule has 0 saturated carbocycles. The van der Waals surface area contributed by atoms with E-state index in [0.717, 1.165) is 12.3 Å². The van der Waals surface area contributed by atoms with Crippen molar-refractivity contribution >= 4 is 9.04 Å². The van der Waals surface area contributed by atoms with Crippen molar-refractivity contribution in [3.8, 4) is 0 Å². The van der Waals surface area contributed by atoms with Crippen LogP contribution >= 0.6 is 0 Å². The van der Waals surface area contributed by atoms with Gasteiger partial charge in [-0.25, -0.2) is 0 Å². The van der Waals surface area contributed by atoms with Crippen molar-refractivity contribution in [2.45, 2.75) is 78.8 Å². The Hall–Kier alpha value is -0.243. The molecule has 1 unspecified atom stereocenters. The molecule has 0 amide bonds. The summed E-state index contributed by atoms with van der Waals surface area (Å²) in [5.41, 5.74) is 0.477. The van der Waals surface area contributed by atoms with E-state index in [1.54, 1.807) is 0 Å². The maximum atomic E-state index is 5.98. The highest BCUT2D eigenvalue weighted by atomic mass is 28.3. The summed E-state index contributed by atoms with van der Waals surface area (Å²) in [5, 5.41) is 0. The van der Waals surface area contributed by atoms with E-state index >= 15 is 0 Å². The fourth-order valence-electron chi connectivity index (χ4n) is 2.78. The van der Waals surface area contributed by atoms with Crippen LogP contribution in [0.1, 0.15) is 65.7 Å². The van der Waals surface area contributed by atoms with Crippen LogP contribution < -0.4 is 0 Å². The highest BCUT2D eigenvalue weighted by Gasteiger charge is 2.23. The molecule has 105 valence electrons. The Morgan fingerprint density at radius 1 is 1.11 bits per heavy atom. The van der Waals surface area contributed by atoms with Gasteiger partial charge in [-0.3, -0.25) is 0 Å². The van der Waals surface area contributed by atoms with Crippen LogP contribution in [0, 0.1) is 11.3 Å². The van der Waals surface area contributed by atoms with Gasteiger partial charge in [-0.1, -0.05) is 27.2 Å². The second kappa shape index (κ2) is 7.37. The normalized spacial score (nSPS) is 26.6. The number of rotatable bonds is 2. The number of hydrogen-bond acceptors (Lipinski definition) is 1. The van der Waals surface area contributed by atoms with Gasteiger partial charge in [0.1, 0.15) is 0 Å². The van der Waals surface area contributed by atoms with Gasteiger partial charge in [0.15, 0.2) is 0 Å². The molecule has 0 aromatic heterocycles. The van der Waals surface area contributed by atoms with Crippen LogP contribution in [0.15, 0.2) is 11.8 Å². The van der Waals surface area contributed by atoms with Crippen molar-refractivity contribution in [1.29, 1.82) is 0 Å². The Kier molecular flexibility index (Phi) is 6.48. The smallest absolute Gasteiger partial charge is 0.273 e. The molecule has 0 N–H and O–H groups in total. The molecule has 0 fully saturated rings. The molecule has 1 nitrogen and oxygen atoms in total. The lowest BCUT2D eigenvalue weighted by Crippen LogP contribution is -2.20. The molecule has 0 aliphatic heterocycles. The van der Waals surface area contributed by atoms with Gasteiger partial charge in [-0.15, -0.1) is 0 Å². The molecule has 1 aliphatic rings. The van der Waals surface area contributed by atoms with Gasteiger partial charge in [0.05, 0.1) is 5.76 Å². The standard InChI is InChI=1S/C16H31OSi/c1-16(2,3)14-10-6-8-12-15(17-18(4)5)13-9-7-11-14/h12,14H,6-11,13H2,1-5H3/b15-12+. The SMILES string of the molecule is C[Si](C)O/C1=C/CCCC(C(C)(C)C)CCCC1. The van der Waals surface area contributed by atoms with Crippen LogP contribution in [-0.2, 0) is 4.43 Å². The zero-order chi connectivity index (χ0) is 13.6. The van der Waals surface area contributed by atoms with Gasteiger partial charge in [-0.2, -0.15) is 0 Å². The topological polar surface area (TPSA) is 9.23 Å². The summed E-state index contributed by atoms with van der Waals surface area (Å²) in [6.07, 6.45) is 11.5. The molecule has 1 radical (unpaired) electrons. The molecular weight excluding hydrogens is 236 g/mol. The van der Waals surface area contributed by atoms with Crippen LogP contribution in [0.3, 0.4) is 0 Å². The molecule has 1 aliphatic carbocycles. The molecule has 0 saturated heterocycles. The number of allylic oxidation sites excluding steroid dienone is 2. The fourth-order valence-corrected chi connectivity index (χ4v) is 3.49. The minimum Gasteiger partial charge on any atom is -0.546 e. The molecule has 18 heavy (non-hydrogen) atoms. The third-order valence-electron chi connectivity index (χ3n) is 3.91. The van der Waals surface area contributed by atoms with Crippen LogP contribution in [0.5, 0.6) is 0 Å². The van der Waals surface area contributed by atoms with E-state index in [9.17, 15) is 0 Å². The molecule has 2 heteroatoms. The average Bonchev–Trinajstić information content (AvgIpc) is 2.24. The highest BCUT2D eigenvalue weighted by Crippen LogP contribution is 2.35. The lowest BCUT2D eigenvalue weighted by molar-refractivity contribution is 0.201. The van der Waals surface area contributed by atoms with E-state index in [4.69, 9.17) is 4.43 Å². The van der Waals surface area contributed by atoms with Crippen LogP contribution in [0.4, 0.5) is 0 Å². The quantitative estimate of drug-likeness (QED) is 0.596. The summed E-state index contributed by atoms with van der Waals surface area (Å²) in [5.74, 6) is 2.17. The summed E-state index contributed by atoms with van der Waals surface area (Å²) < 4.78 is 5.98. The first kappa shape index (κ1) is 15.8. The summed E-state index contributed by atoms with van der Waals surface area (Å²) in [6, 6.07) is 0. The predicted molar refractivity (Wildman–Crippen MR) is 81.9 cm³/mol. The first-order chi connectivity index (χ1) is 8.39. The summed E-state index contributed by atoms with van der Waals surface area (Å²) >= 11 is 0. The predicted octanol–water partition coefficient (Wildman–Crippen LogP) is 5.54. The Bertz CT molecular complexity index is 263. The molecule has 0 heterocycles. The molecule has 1 atom stereocenters. The van der Waals surface area contributed by atoms with Crippen molar-refractivity contribution in [2.75, 3.05) is 0 Å². The van der Waals surface area contributed by atoms with Crippen molar-refractivity contribution < 1.29 is 4.43 Å². The average molecular weight is 268 g/mol. The van der Waals surface area contributed by atoms with Crippen LogP contribution in [-0.4, -0.2) is 9.04 Å². The Balaban J connectivity index is 2.52. The van der Waals surface area contributed by atoms with Crippen molar-refractivity contribution in [2.24, 2.45) is 11.3 Å². The minimum absolute atomic E-state index is 0.477. The Morgan fingerprint density at radius 2 is 1.78 bits per heavy atom. The third kappa shape index (κ3) is 6.08. The van der Waals surface area contributed by atoms with Gasteiger partial charge in [0, 0.05) is 6.42 Å². The molecule has 0 bridgehead atoms. The van der Waals surface area contributed by atoms with E-state index < -0.39 is 9.04 Å². The molecule has 0 aromatic carbocycles. The monoisotopic (exact) mass is 267 g/mol.